The fourth-order valence-electron chi connectivity index (χ4n) is 2.03. The molecule has 0 unspecified atom stereocenters. The Labute approximate surface area is 97.9 Å². The van der Waals surface area contributed by atoms with Gasteiger partial charge < -0.3 is 4.74 Å². The first-order valence-electron chi connectivity index (χ1n) is 5.71. The molecule has 1 aromatic carbocycles. The Bertz CT molecular complexity index is 402. The number of nitrogens with zero attached hydrogens (tertiary/aromatic N) is 1. The van der Waals surface area contributed by atoms with Gasteiger partial charge in [0.15, 0.2) is 0 Å². The second-order valence-electron chi connectivity index (χ2n) is 4.17. The fraction of sp³-hybridized carbons (Fsp3) is 0.500. The smallest absolute Gasteiger partial charge is 0.126 e. The molecule has 0 spiro atoms. The van der Waals surface area contributed by atoms with Gasteiger partial charge in [0.05, 0.1) is 19.6 Å². The first kappa shape index (κ1) is 12.6. The molecule has 0 radical (unpaired) electrons. The summed E-state index contributed by atoms with van der Waals surface area (Å²) in [5.74, 6) is 1.32. The van der Waals surface area contributed by atoms with Crippen LogP contribution in [0.2, 0.25) is 0 Å². The lowest BCUT2D eigenvalue weighted by Gasteiger charge is -2.17. The molecule has 0 bridgehead atoms. The third-order valence-electron chi connectivity index (χ3n) is 2.84. The van der Waals surface area contributed by atoms with Crippen LogP contribution in [-0.2, 0) is 12.8 Å². The zero-order valence-electron chi connectivity index (χ0n) is 10.5. The summed E-state index contributed by atoms with van der Waals surface area (Å²) in [7, 11) is 1.68. The Kier molecular flexibility index (Phi) is 4.37. The number of nitriles is 1. The van der Waals surface area contributed by atoms with E-state index in [1.807, 2.05) is 0 Å². The zero-order chi connectivity index (χ0) is 12.1. The highest BCUT2D eigenvalue weighted by molar-refractivity contribution is 5.49. The predicted octanol–water partition coefficient (Wildman–Crippen LogP) is 3.45. The van der Waals surface area contributed by atoms with Crippen LogP contribution in [0.1, 0.15) is 43.4 Å². The van der Waals surface area contributed by atoms with Crippen molar-refractivity contribution in [1.82, 2.24) is 0 Å². The molecule has 0 atom stereocenters. The van der Waals surface area contributed by atoms with E-state index in [0.29, 0.717) is 12.3 Å². The average molecular weight is 217 g/mol. The Balaban J connectivity index is 3.38. The summed E-state index contributed by atoms with van der Waals surface area (Å²) < 4.78 is 5.46. The molecule has 0 heterocycles. The van der Waals surface area contributed by atoms with Crippen LogP contribution >= 0.6 is 0 Å². The standard InChI is InChI=1S/C14H19NO/c1-5-11-6-7-12(10(2)3)13(8-9-15)14(11)16-4/h6-7,10H,5,8H2,1-4H3. The van der Waals surface area contributed by atoms with Crippen LogP contribution in [0.3, 0.4) is 0 Å². The number of hydrogen-bond donors (Lipinski definition) is 0. The van der Waals surface area contributed by atoms with E-state index in [1.54, 1.807) is 7.11 Å². The van der Waals surface area contributed by atoms with E-state index in [1.165, 1.54) is 11.1 Å². The minimum Gasteiger partial charge on any atom is -0.496 e. The van der Waals surface area contributed by atoms with Crippen LogP contribution in [0.4, 0.5) is 0 Å². The van der Waals surface area contributed by atoms with Crippen molar-refractivity contribution in [3.63, 3.8) is 0 Å². The molecule has 1 aromatic rings. The lowest BCUT2D eigenvalue weighted by molar-refractivity contribution is 0.405. The Morgan fingerprint density at radius 3 is 2.50 bits per heavy atom. The van der Waals surface area contributed by atoms with Crippen molar-refractivity contribution in [3.8, 4) is 11.8 Å². The van der Waals surface area contributed by atoms with E-state index in [4.69, 9.17) is 10.00 Å². The molecule has 2 nitrogen and oxygen atoms in total. The van der Waals surface area contributed by atoms with Crippen LogP contribution in [-0.4, -0.2) is 7.11 Å². The van der Waals surface area contributed by atoms with Crippen LogP contribution in [0.15, 0.2) is 12.1 Å². The average Bonchev–Trinajstić information content (AvgIpc) is 2.28. The molecular formula is C14H19NO. The van der Waals surface area contributed by atoms with Crippen molar-refractivity contribution < 1.29 is 4.74 Å². The highest BCUT2D eigenvalue weighted by Crippen LogP contribution is 2.32. The molecule has 0 aliphatic rings. The van der Waals surface area contributed by atoms with E-state index in [-0.39, 0.29) is 0 Å². The molecule has 0 aliphatic heterocycles. The Hall–Kier alpha value is -1.49. The normalized spacial score (nSPS) is 10.2. The van der Waals surface area contributed by atoms with Gasteiger partial charge >= 0.3 is 0 Å². The molecule has 0 N–H and O–H groups in total. The highest BCUT2D eigenvalue weighted by atomic mass is 16.5. The molecular weight excluding hydrogens is 198 g/mol. The third kappa shape index (κ3) is 2.36. The van der Waals surface area contributed by atoms with Gasteiger partial charge in [0, 0.05) is 5.56 Å². The second-order valence-corrected chi connectivity index (χ2v) is 4.17. The van der Waals surface area contributed by atoms with E-state index in [9.17, 15) is 0 Å². The van der Waals surface area contributed by atoms with Crippen LogP contribution in [0, 0.1) is 11.3 Å². The van der Waals surface area contributed by atoms with Gasteiger partial charge in [-0.1, -0.05) is 32.9 Å². The van der Waals surface area contributed by atoms with Gasteiger partial charge in [-0.2, -0.15) is 5.26 Å². The zero-order valence-corrected chi connectivity index (χ0v) is 10.5. The fourth-order valence-corrected chi connectivity index (χ4v) is 2.03. The molecule has 0 saturated heterocycles. The molecule has 1 rings (SSSR count). The van der Waals surface area contributed by atoms with Gasteiger partial charge in [0.25, 0.3) is 0 Å². The second kappa shape index (κ2) is 5.55. The first-order valence-corrected chi connectivity index (χ1v) is 5.71. The van der Waals surface area contributed by atoms with Crippen LogP contribution in [0.25, 0.3) is 0 Å². The van der Waals surface area contributed by atoms with Crippen molar-refractivity contribution >= 4 is 0 Å². The van der Waals surface area contributed by atoms with Crippen molar-refractivity contribution in [3.05, 3.63) is 28.8 Å². The lowest BCUT2D eigenvalue weighted by atomic mass is 9.92. The maximum absolute atomic E-state index is 8.90. The SMILES string of the molecule is CCc1ccc(C(C)C)c(CC#N)c1OC. The topological polar surface area (TPSA) is 33.0 Å². The summed E-state index contributed by atoms with van der Waals surface area (Å²) in [5, 5.41) is 8.90. The van der Waals surface area contributed by atoms with Crippen molar-refractivity contribution in [1.29, 1.82) is 5.26 Å². The van der Waals surface area contributed by atoms with Crippen LogP contribution < -0.4 is 4.74 Å². The highest BCUT2D eigenvalue weighted by Gasteiger charge is 2.14. The molecule has 0 aromatic heterocycles. The van der Waals surface area contributed by atoms with Gasteiger partial charge in [-0.15, -0.1) is 0 Å². The van der Waals surface area contributed by atoms with Crippen LogP contribution in [0.5, 0.6) is 5.75 Å². The van der Waals surface area contributed by atoms with Gasteiger partial charge in [-0.3, -0.25) is 0 Å². The number of methoxy groups -OCH3 is 1. The maximum atomic E-state index is 8.90. The van der Waals surface area contributed by atoms with Crippen molar-refractivity contribution in [2.45, 2.75) is 39.5 Å². The van der Waals surface area contributed by atoms with Crippen molar-refractivity contribution in [2.75, 3.05) is 7.11 Å². The number of ether oxygens (including phenoxy) is 1. The van der Waals surface area contributed by atoms with Gasteiger partial charge in [0.2, 0.25) is 0 Å². The minimum absolute atomic E-state index is 0.420. The van der Waals surface area contributed by atoms with E-state index in [2.05, 4.69) is 39.0 Å². The number of hydrogen-bond acceptors (Lipinski definition) is 2. The number of rotatable bonds is 4. The summed E-state index contributed by atoms with van der Waals surface area (Å²) in [5.41, 5.74) is 3.45. The third-order valence-corrected chi connectivity index (χ3v) is 2.84. The van der Waals surface area contributed by atoms with Gasteiger partial charge in [-0.05, 0) is 23.5 Å². The largest absolute Gasteiger partial charge is 0.496 e. The monoisotopic (exact) mass is 217 g/mol. The Morgan fingerprint density at radius 1 is 1.38 bits per heavy atom. The van der Waals surface area contributed by atoms with E-state index in [0.717, 1.165) is 17.7 Å². The van der Waals surface area contributed by atoms with E-state index >= 15 is 0 Å². The quantitative estimate of drug-likeness (QED) is 0.774. The Morgan fingerprint density at radius 2 is 2.06 bits per heavy atom. The number of aryl methyl sites for hydroxylation is 1. The van der Waals surface area contributed by atoms with Crippen molar-refractivity contribution in [2.24, 2.45) is 0 Å². The van der Waals surface area contributed by atoms with Gasteiger partial charge in [-0.25, -0.2) is 0 Å². The molecule has 2 heteroatoms. The summed E-state index contributed by atoms with van der Waals surface area (Å²) in [6, 6.07) is 6.46. The summed E-state index contributed by atoms with van der Waals surface area (Å²) in [4.78, 5) is 0. The maximum Gasteiger partial charge on any atom is 0.126 e. The van der Waals surface area contributed by atoms with Gasteiger partial charge in [0.1, 0.15) is 5.75 Å². The first-order chi connectivity index (χ1) is 7.65. The molecule has 16 heavy (non-hydrogen) atoms. The molecule has 86 valence electrons. The predicted molar refractivity (Wildman–Crippen MR) is 65.8 cm³/mol. The summed E-state index contributed by atoms with van der Waals surface area (Å²) >= 11 is 0. The molecule has 0 aliphatic carbocycles. The summed E-state index contributed by atoms with van der Waals surface area (Å²) in [6.07, 6.45) is 1.35. The molecule has 0 fully saturated rings. The molecule has 0 saturated carbocycles. The number of benzene rings is 1. The summed E-state index contributed by atoms with van der Waals surface area (Å²) in [6.45, 7) is 6.38. The lowest BCUT2D eigenvalue weighted by Crippen LogP contribution is -2.02. The minimum atomic E-state index is 0.420. The van der Waals surface area contributed by atoms with E-state index < -0.39 is 0 Å². The molecule has 0 amide bonds.